The molecule has 0 aromatic heterocycles. The fourth-order valence-corrected chi connectivity index (χ4v) is 4.31. The maximum atomic E-state index is 12.0. The number of aliphatic hydroxyl groups excluding tert-OH is 3. The first-order valence-electron chi connectivity index (χ1n) is 12.2. The van der Waals surface area contributed by atoms with Gasteiger partial charge in [0.05, 0.1) is 6.61 Å². The van der Waals surface area contributed by atoms with Gasteiger partial charge in [0.1, 0.15) is 42.9 Å². The van der Waals surface area contributed by atoms with Gasteiger partial charge in [-0.3, -0.25) is 4.79 Å². The second kappa shape index (κ2) is 13.2. The van der Waals surface area contributed by atoms with Crippen LogP contribution in [0.25, 0.3) is 0 Å². The largest absolute Gasteiger partial charge is 0.494 e. The Balaban J connectivity index is 1.71. The van der Waals surface area contributed by atoms with E-state index in [0.717, 1.165) is 36.1 Å². The molecule has 0 bridgehead atoms. The molecule has 0 aliphatic carbocycles. The van der Waals surface area contributed by atoms with Crippen LogP contribution in [0.1, 0.15) is 62.3 Å². The van der Waals surface area contributed by atoms with Crippen molar-refractivity contribution in [3.05, 3.63) is 64.2 Å². The van der Waals surface area contributed by atoms with Gasteiger partial charge in [0.2, 0.25) is 0 Å². The van der Waals surface area contributed by atoms with E-state index in [-0.39, 0.29) is 19.0 Å². The number of hydrogen-bond donors (Lipinski definition) is 3. The number of benzene rings is 2. The van der Waals surface area contributed by atoms with Crippen LogP contribution in [0.15, 0.2) is 42.5 Å². The van der Waals surface area contributed by atoms with E-state index in [4.69, 9.17) is 25.8 Å². The minimum atomic E-state index is -1.46. The molecule has 1 aliphatic rings. The zero-order valence-electron chi connectivity index (χ0n) is 20.2. The molecule has 7 nitrogen and oxygen atoms in total. The van der Waals surface area contributed by atoms with Crippen LogP contribution >= 0.6 is 11.6 Å². The molecule has 1 heterocycles. The van der Waals surface area contributed by atoms with E-state index in [1.165, 1.54) is 0 Å². The van der Waals surface area contributed by atoms with Gasteiger partial charge in [-0.2, -0.15) is 0 Å². The third-order valence-corrected chi connectivity index (χ3v) is 6.50. The maximum Gasteiger partial charge on any atom is 0.305 e. The summed E-state index contributed by atoms with van der Waals surface area (Å²) in [5.41, 5.74) is 2.46. The smallest absolute Gasteiger partial charge is 0.305 e. The summed E-state index contributed by atoms with van der Waals surface area (Å²) in [5.74, 6) is 0.412. The summed E-state index contributed by atoms with van der Waals surface area (Å²) >= 11 is 6.44. The lowest BCUT2D eigenvalue weighted by atomic mass is 9.90. The second-order valence-corrected chi connectivity index (χ2v) is 9.22. The van der Waals surface area contributed by atoms with Gasteiger partial charge in [-0.15, -0.1) is 0 Å². The van der Waals surface area contributed by atoms with E-state index in [9.17, 15) is 20.1 Å². The van der Waals surface area contributed by atoms with Crippen LogP contribution in [-0.2, 0) is 20.7 Å². The van der Waals surface area contributed by atoms with Crippen LogP contribution in [0.2, 0.25) is 5.02 Å². The molecule has 192 valence electrons. The van der Waals surface area contributed by atoms with Gasteiger partial charge in [-0.25, -0.2) is 0 Å². The molecule has 2 aromatic rings. The van der Waals surface area contributed by atoms with Gasteiger partial charge >= 0.3 is 5.97 Å². The molecule has 3 N–H and O–H groups in total. The molecule has 1 aliphatic heterocycles. The first-order valence-corrected chi connectivity index (χ1v) is 12.6. The van der Waals surface area contributed by atoms with Gasteiger partial charge in [-0.05, 0) is 54.7 Å². The van der Waals surface area contributed by atoms with Crippen molar-refractivity contribution in [2.45, 2.75) is 76.5 Å². The number of ether oxygens (including phenoxy) is 3. The zero-order valence-corrected chi connectivity index (χ0v) is 21.0. The summed E-state index contributed by atoms with van der Waals surface area (Å²) in [6, 6.07) is 13.0. The van der Waals surface area contributed by atoms with Crippen LogP contribution in [0, 0.1) is 0 Å². The molecule has 35 heavy (non-hydrogen) atoms. The van der Waals surface area contributed by atoms with E-state index < -0.39 is 30.5 Å². The van der Waals surface area contributed by atoms with Crippen LogP contribution in [0.3, 0.4) is 0 Å². The molecular weight excluding hydrogens is 472 g/mol. The Morgan fingerprint density at radius 2 is 1.74 bits per heavy atom. The number of carbonyl (C=O) groups is 1. The molecule has 0 spiro atoms. The number of esters is 1. The van der Waals surface area contributed by atoms with Crippen molar-refractivity contribution in [3.8, 4) is 5.75 Å². The van der Waals surface area contributed by atoms with E-state index >= 15 is 0 Å². The Labute approximate surface area is 211 Å². The monoisotopic (exact) mass is 506 g/mol. The van der Waals surface area contributed by atoms with Gasteiger partial charge in [0, 0.05) is 11.4 Å². The second-order valence-electron chi connectivity index (χ2n) is 8.81. The predicted molar refractivity (Wildman–Crippen MR) is 133 cm³/mol. The Morgan fingerprint density at radius 3 is 2.43 bits per heavy atom. The lowest BCUT2D eigenvalue weighted by Gasteiger charge is -2.40. The normalized spacial score (nSPS) is 24.2. The lowest BCUT2D eigenvalue weighted by molar-refractivity contribution is -0.234. The van der Waals surface area contributed by atoms with Crippen LogP contribution < -0.4 is 4.74 Å². The summed E-state index contributed by atoms with van der Waals surface area (Å²) in [7, 11) is 0. The Morgan fingerprint density at radius 1 is 1.00 bits per heavy atom. The van der Waals surface area contributed by atoms with Gasteiger partial charge in [-0.1, -0.05) is 55.6 Å². The average molecular weight is 507 g/mol. The molecule has 3 rings (SSSR count). The summed E-state index contributed by atoms with van der Waals surface area (Å²) in [5, 5.41) is 32.1. The van der Waals surface area contributed by atoms with Crippen molar-refractivity contribution in [1.82, 2.24) is 0 Å². The minimum absolute atomic E-state index is 0.209. The molecule has 0 radical (unpaired) electrons. The summed E-state index contributed by atoms with van der Waals surface area (Å²) in [6.07, 6.45) is -2.61. The number of hydrogen-bond acceptors (Lipinski definition) is 7. The number of rotatable bonds is 11. The fourth-order valence-electron chi connectivity index (χ4n) is 4.13. The van der Waals surface area contributed by atoms with Crippen LogP contribution in [0.4, 0.5) is 0 Å². The van der Waals surface area contributed by atoms with Crippen molar-refractivity contribution in [1.29, 1.82) is 0 Å². The average Bonchev–Trinajstić information content (AvgIpc) is 2.85. The van der Waals surface area contributed by atoms with Crippen molar-refractivity contribution in [2.24, 2.45) is 0 Å². The summed E-state index contributed by atoms with van der Waals surface area (Å²) < 4.78 is 16.7. The fraction of sp³-hybridized carbons (Fsp3) is 0.519. The van der Waals surface area contributed by atoms with Crippen molar-refractivity contribution in [2.75, 3.05) is 13.2 Å². The number of halogens is 1. The number of carbonyl (C=O) groups excluding carboxylic acids is 1. The van der Waals surface area contributed by atoms with Crippen molar-refractivity contribution in [3.63, 3.8) is 0 Å². The highest BCUT2D eigenvalue weighted by molar-refractivity contribution is 6.31. The van der Waals surface area contributed by atoms with Crippen molar-refractivity contribution < 1.29 is 34.3 Å². The van der Waals surface area contributed by atoms with Crippen LogP contribution in [-0.4, -0.2) is 58.9 Å². The Kier molecular flexibility index (Phi) is 10.4. The SMILES string of the molecule is CCCCCC(=O)OC[C@H]1O[C@@H](c2ccc(Cl)c(Cc3ccc(OCC)cc3)c2)[C@H](O)[C@@H](O)[C@@H]1O. The number of aliphatic hydroxyl groups is 3. The Bertz CT molecular complexity index is 949. The Hall–Kier alpha value is -2.16. The highest BCUT2D eigenvalue weighted by Gasteiger charge is 2.44. The standard InChI is InChI=1S/C27H35ClO7/c1-3-5-6-7-23(29)34-16-22-24(30)25(31)26(32)27(35-22)18-10-13-21(28)19(15-18)14-17-8-11-20(12-9-17)33-4-2/h8-13,15,22,24-27,30-32H,3-7,14,16H2,1-2H3/t22-,24-,25+,26-,27+/m1/s1. The van der Waals surface area contributed by atoms with Gasteiger partial charge < -0.3 is 29.5 Å². The third kappa shape index (κ3) is 7.41. The highest BCUT2D eigenvalue weighted by Crippen LogP contribution is 2.34. The molecule has 1 saturated heterocycles. The molecule has 0 saturated carbocycles. The minimum Gasteiger partial charge on any atom is -0.494 e. The first kappa shape index (κ1) is 27.4. The lowest BCUT2D eigenvalue weighted by Crippen LogP contribution is -2.55. The van der Waals surface area contributed by atoms with Crippen LogP contribution in [0.5, 0.6) is 5.75 Å². The number of unbranched alkanes of at least 4 members (excludes halogenated alkanes) is 2. The molecular formula is C27H35ClO7. The molecule has 1 fully saturated rings. The molecule has 8 heteroatoms. The molecule has 2 aromatic carbocycles. The zero-order chi connectivity index (χ0) is 25.4. The molecule has 0 amide bonds. The summed E-state index contributed by atoms with van der Waals surface area (Å²) in [6.45, 7) is 4.36. The molecule has 5 atom stereocenters. The van der Waals surface area contributed by atoms with E-state index in [1.54, 1.807) is 12.1 Å². The first-order chi connectivity index (χ1) is 16.8. The molecule has 0 unspecified atom stereocenters. The topological polar surface area (TPSA) is 105 Å². The van der Waals surface area contributed by atoms with Gasteiger partial charge in [0.25, 0.3) is 0 Å². The van der Waals surface area contributed by atoms with E-state index in [2.05, 4.69) is 0 Å². The van der Waals surface area contributed by atoms with E-state index in [0.29, 0.717) is 23.6 Å². The maximum absolute atomic E-state index is 12.0. The van der Waals surface area contributed by atoms with Crippen molar-refractivity contribution >= 4 is 17.6 Å². The third-order valence-electron chi connectivity index (χ3n) is 6.13. The highest BCUT2D eigenvalue weighted by atomic mass is 35.5. The van der Waals surface area contributed by atoms with Gasteiger partial charge in [0.15, 0.2) is 0 Å². The quantitative estimate of drug-likeness (QED) is 0.313. The predicted octanol–water partition coefficient (Wildman–Crippen LogP) is 3.98. The van der Waals surface area contributed by atoms with E-state index in [1.807, 2.05) is 44.2 Å². The summed E-state index contributed by atoms with van der Waals surface area (Å²) in [4.78, 5) is 12.0.